The number of ether oxygens (including phenoxy) is 1. The number of likely N-dealkylation sites (tertiary alicyclic amines) is 1. The second kappa shape index (κ2) is 10.1. The number of amides is 3. The van der Waals surface area contributed by atoms with Gasteiger partial charge in [-0.2, -0.15) is 0 Å². The van der Waals surface area contributed by atoms with Crippen LogP contribution in [0.5, 0.6) is 0 Å². The predicted molar refractivity (Wildman–Crippen MR) is 138 cm³/mol. The largest absolute Gasteiger partial charge is 0.394 e. The zero-order valence-electron chi connectivity index (χ0n) is 20.9. The van der Waals surface area contributed by atoms with Crippen LogP contribution in [0.1, 0.15) is 52.4 Å². The summed E-state index contributed by atoms with van der Waals surface area (Å²) in [5.74, 6) is -2.39. The average Bonchev–Trinajstić information content (AvgIpc) is 3.44. The topological polar surface area (TPSA) is 108 Å². The molecule has 36 heavy (non-hydrogen) atoms. The highest BCUT2D eigenvalue weighted by atomic mass is 79.9. The molecule has 0 radical (unpaired) electrons. The number of alkyl halides is 1. The van der Waals surface area contributed by atoms with Gasteiger partial charge in [0.1, 0.15) is 11.6 Å². The number of anilines is 1. The van der Waals surface area contributed by atoms with Crippen molar-refractivity contribution in [3.63, 3.8) is 0 Å². The molecule has 3 heterocycles. The Bertz CT molecular complexity index is 1000. The van der Waals surface area contributed by atoms with E-state index in [0.29, 0.717) is 12.1 Å². The number of halogens is 1. The number of nitrogens with zero attached hydrogens (tertiary/aromatic N) is 1. The Labute approximate surface area is 220 Å². The molecule has 4 fully saturated rings. The maximum atomic E-state index is 14.1. The summed E-state index contributed by atoms with van der Waals surface area (Å²) in [6.45, 7) is 3.60. The number of fused-ring (bicyclic) bond motifs is 1. The molecule has 3 saturated heterocycles. The first kappa shape index (κ1) is 25.7. The van der Waals surface area contributed by atoms with E-state index >= 15 is 0 Å². The molecule has 1 aromatic rings. The first-order valence-electron chi connectivity index (χ1n) is 13.2. The number of aliphatic hydroxyl groups is 1. The van der Waals surface area contributed by atoms with Crippen molar-refractivity contribution in [2.45, 2.75) is 87.0 Å². The normalized spacial score (nSPS) is 34.6. The van der Waals surface area contributed by atoms with E-state index in [1.54, 1.807) is 17.0 Å². The summed E-state index contributed by atoms with van der Waals surface area (Å²) in [6, 6.07) is 7.78. The number of carbonyl (C=O) groups is 3. The Balaban J connectivity index is 1.51. The molecule has 8 nitrogen and oxygen atoms in total. The molecule has 1 aromatic carbocycles. The number of aliphatic hydroxyl groups excluding tert-OH is 1. The Morgan fingerprint density at radius 3 is 2.50 bits per heavy atom. The molecular formula is C27H36BrN3O5. The van der Waals surface area contributed by atoms with Crippen molar-refractivity contribution >= 4 is 39.3 Å². The maximum Gasteiger partial charge on any atom is 0.246 e. The monoisotopic (exact) mass is 561 g/mol. The standard InChI is InChI=1S/C27H36BrN3O5/c1-15(2)19(14-32)31-23(25(34)30-17-11-7-4-8-12-17)27-13-18(28)22(36-27)20(21(27)26(31)35)24(33)29-16-9-5-3-6-10-16/h3,5-6,9-10,15,17-23,32H,4,7-8,11-14H2,1-2H3,(H,29,33)(H,30,34)/t18?,19-,20+,21-,22+,23?,27?/m0/s1. The van der Waals surface area contributed by atoms with Gasteiger partial charge in [-0.1, -0.05) is 67.2 Å². The van der Waals surface area contributed by atoms with Crippen molar-refractivity contribution in [3.8, 4) is 0 Å². The van der Waals surface area contributed by atoms with Crippen molar-refractivity contribution in [3.05, 3.63) is 30.3 Å². The fourth-order valence-corrected chi connectivity index (χ4v) is 7.86. The quantitative estimate of drug-likeness (QED) is 0.443. The first-order valence-corrected chi connectivity index (χ1v) is 14.1. The van der Waals surface area contributed by atoms with E-state index in [0.717, 1.165) is 25.7 Å². The molecule has 0 aromatic heterocycles. The fourth-order valence-electron chi connectivity index (χ4n) is 6.92. The van der Waals surface area contributed by atoms with Gasteiger partial charge in [0.15, 0.2) is 0 Å². The molecule has 196 valence electrons. The van der Waals surface area contributed by atoms with Crippen LogP contribution >= 0.6 is 15.9 Å². The lowest BCUT2D eigenvalue weighted by molar-refractivity contribution is -0.146. The lowest BCUT2D eigenvalue weighted by atomic mass is 9.70. The first-order chi connectivity index (χ1) is 17.3. The molecular weight excluding hydrogens is 526 g/mol. The highest BCUT2D eigenvalue weighted by Crippen LogP contribution is 2.60. The summed E-state index contributed by atoms with van der Waals surface area (Å²) in [7, 11) is 0. The molecule has 5 rings (SSSR count). The second-order valence-electron chi connectivity index (χ2n) is 11.1. The van der Waals surface area contributed by atoms with Crippen LogP contribution in [-0.4, -0.2) is 69.0 Å². The Morgan fingerprint density at radius 1 is 1.17 bits per heavy atom. The van der Waals surface area contributed by atoms with Crippen molar-refractivity contribution in [1.82, 2.24) is 10.2 Å². The lowest BCUT2D eigenvalue weighted by Gasteiger charge is -2.39. The molecule has 3 aliphatic heterocycles. The van der Waals surface area contributed by atoms with Crippen LogP contribution in [0, 0.1) is 17.8 Å². The Kier molecular flexibility index (Phi) is 7.18. The fraction of sp³-hybridized carbons (Fsp3) is 0.667. The van der Waals surface area contributed by atoms with Gasteiger partial charge >= 0.3 is 0 Å². The maximum absolute atomic E-state index is 14.1. The SMILES string of the molecule is CC(C)[C@H](CO)N1C(=O)[C@@H]2[C@@H](C(=O)Nc3ccccc3)[C@@H]3OC2(CC3Br)C1C(=O)NC1CCCCC1. The molecule has 3 amide bonds. The molecule has 4 aliphatic rings. The number of benzene rings is 1. The zero-order chi connectivity index (χ0) is 25.6. The molecule has 1 aliphatic carbocycles. The van der Waals surface area contributed by atoms with Gasteiger partial charge in [0.2, 0.25) is 17.7 Å². The third kappa shape index (κ3) is 4.17. The Hall–Kier alpha value is -1.97. The van der Waals surface area contributed by atoms with Gasteiger partial charge in [0.05, 0.1) is 30.6 Å². The third-order valence-electron chi connectivity index (χ3n) is 8.58. The van der Waals surface area contributed by atoms with Crippen LogP contribution in [0.3, 0.4) is 0 Å². The van der Waals surface area contributed by atoms with Gasteiger partial charge in [-0.05, 0) is 37.3 Å². The molecule has 1 saturated carbocycles. The molecule has 3 unspecified atom stereocenters. The smallest absolute Gasteiger partial charge is 0.246 e. The number of nitrogens with one attached hydrogen (secondary N) is 2. The van der Waals surface area contributed by atoms with Gasteiger partial charge < -0.3 is 25.4 Å². The van der Waals surface area contributed by atoms with Gasteiger partial charge in [-0.15, -0.1) is 0 Å². The summed E-state index contributed by atoms with van der Waals surface area (Å²) >= 11 is 3.70. The number of carbonyl (C=O) groups excluding carboxylic acids is 3. The molecule has 2 bridgehead atoms. The number of hydrogen-bond acceptors (Lipinski definition) is 5. The van der Waals surface area contributed by atoms with Crippen molar-refractivity contribution in [2.24, 2.45) is 17.8 Å². The van der Waals surface area contributed by atoms with E-state index in [9.17, 15) is 19.5 Å². The van der Waals surface area contributed by atoms with E-state index in [4.69, 9.17) is 4.74 Å². The molecule has 9 heteroatoms. The van der Waals surface area contributed by atoms with Crippen LogP contribution < -0.4 is 10.6 Å². The Morgan fingerprint density at radius 2 is 1.86 bits per heavy atom. The van der Waals surface area contributed by atoms with E-state index in [2.05, 4.69) is 26.6 Å². The van der Waals surface area contributed by atoms with Crippen molar-refractivity contribution in [2.75, 3.05) is 11.9 Å². The highest BCUT2D eigenvalue weighted by molar-refractivity contribution is 9.09. The van der Waals surface area contributed by atoms with Gasteiger partial charge in [-0.25, -0.2) is 0 Å². The van der Waals surface area contributed by atoms with E-state index in [1.807, 2.05) is 32.0 Å². The van der Waals surface area contributed by atoms with Crippen molar-refractivity contribution in [1.29, 1.82) is 0 Å². The van der Waals surface area contributed by atoms with E-state index in [1.165, 1.54) is 6.42 Å². The van der Waals surface area contributed by atoms with Gasteiger partial charge in [0.25, 0.3) is 0 Å². The number of para-hydroxylation sites is 1. The minimum atomic E-state index is -1.12. The third-order valence-corrected chi connectivity index (χ3v) is 9.43. The lowest BCUT2D eigenvalue weighted by Crippen LogP contribution is -2.60. The molecule has 7 atom stereocenters. The summed E-state index contributed by atoms with van der Waals surface area (Å²) in [5, 5.41) is 16.5. The van der Waals surface area contributed by atoms with Crippen LogP contribution in [0.2, 0.25) is 0 Å². The predicted octanol–water partition coefficient (Wildman–Crippen LogP) is 2.84. The molecule has 3 N–H and O–H groups in total. The molecule has 1 spiro atoms. The summed E-state index contributed by atoms with van der Waals surface area (Å²) in [4.78, 5) is 43.0. The zero-order valence-corrected chi connectivity index (χ0v) is 22.4. The summed E-state index contributed by atoms with van der Waals surface area (Å²) < 4.78 is 6.55. The minimum absolute atomic E-state index is 0.0702. The number of rotatable bonds is 7. The van der Waals surface area contributed by atoms with Crippen LogP contribution in [0.25, 0.3) is 0 Å². The van der Waals surface area contributed by atoms with Crippen molar-refractivity contribution < 1.29 is 24.2 Å². The minimum Gasteiger partial charge on any atom is -0.394 e. The van der Waals surface area contributed by atoms with Gasteiger partial charge in [0, 0.05) is 16.6 Å². The highest BCUT2D eigenvalue weighted by Gasteiger charge is 2.77. The summed E-state index contributed by atoms with van der Waals surface area (Å²) in [6.07, 6.45) is 5.09. The van der Waals surface area contributed by atoms with Crippen LogP contribution in [0.4, 0.5) is 5.69 Å². The second-order valence-corrected chi connectivity index (χ2v) is 12.3. The van der Waals surface area contributed by atoms with Crippen LogP contribution in [0.15, 0.2) is 30.3 Å². The van der Waals surface area contributed by atoms with E-state index in [-0.39, 0.29) is 41.1 Å². The van der Waals surface area contributed by atoms with Crippen LogP contribution in [-0.2, 0) is 19.1 Å². The summed E-state index contributed by atoms with van der Waals surface area (Å²) in [5.41, 5.74) is -0.467. The average molecular weight is 563 g/mol. The van der Waals surface area contributed by atoms with Gasteiger partial charge in [-0.3, -0.25) is 14.4 Å². The van der Waals surface area contributed by atoms with E-state index < -0.39 is 35.6 Å². The number of hydrogen-bond donors (Lipinski definition) is 3.